The number of amides is 1. The largest absolute Gasteiger partial charge is 0.416 e. The third-order valence-corrected chi connectivity index (χ3v) is 4.53. The van der Waals surface area contributed by atoms with Crippen LogP contribution in [0.15, 0.2) is 24.3 Å². The van der Waals surface area contributed by atoms with Crippen LogP contribution < -0.4 is 5.32 Å². The molecule has 0 bridgehead atoms. The highest BCUT2D eigenvalue weighted by Crippen LogP contribution is 2.49. The average Bonchev–Trinajstić information content (AvgIpc) is 3.27. The highest BCUT2D eigenvalue weighted by atomic mass is 19.4. The zero-order valence-electron chi connectivity index (χ0n) is 12.4. The normalized spacial score (nSPS) is 28.5. The smallest absolute Gasteiger partial charge is 0.337 e. The van der Waals surface area contributed by atoms with E-state index < -0.39 is 11.7 Å². The minimum absolute atomic E-state index is 0.0723. The van der Waals surface area contributed by atoms with Gasteiger partial charge in [0, 0.05) is 31.6 Å². The molecule has 1 N–H and O–H groups in total. The lowest BCUT2D eigenvalue weighted by Crippen LogP contribution is -2.52. The van der Waals surface area contributed by atoms with Gasteiger partial charge in [-0.1, -0.05) is 18.2 Å². The van der Waals surface area contributed by atoms with Gasteiger partial charge in [-0.15, -0.1) is 0 Å². The van der Waals surface area contributed by atoms with Crippen molar-refractivity contribution in [3.05, 3.63) is 35.4 Å². The van der Waals surface area contributed by atoms with E-state index in [-0.39, 0.29) is 23.8 Å². The molecule has 3 rings (SSSR count). The van der Waals surface area contributed by atoms with Crippen molar-refractivity contribution in [2.45, 2.75) is 31.5 Å². The summed E-state index contributed by atoms with van der Waals surface area (Å²) in [5.74, 6) is -0.155. The van der Waals surface area contributed by atoms with Crippen LogP contribution in [0.4, 0.5) is 13.2 Å². The van der Waals surface area contributed by atoms with E-state index in [2.05, 4.69) is 5.32 Å². The Morgan fingerprint density at radius 2 is 2.14 bits per heavy atom. The minimum atomic E-state index is -4.34. The standard InChI is InChI=1S/C16H19F3N2O/c1-10-9-20-5-6-21(10)15(22)14-8-13(14)11-3-2-4-12(7-11)16(17,18)19/h2-4,7,10,13-14,20H,5-6,8-9H2,1H3/t10-,13-,14+/m1/s1. The van der Waals surface area contributed by atoms with Gasteiger partial charge in [0.15, 0.2) is 0 Å². The van der Waals surface area contributed by atoms with Crippen LogP contribution >= 0.6 is 0 Å². The average molecular weight is 312 g/mol. The first-order valence-corrected chi connectivity index (χ1v) is 7.56. The lowest BCUT2D eigenvalue weighted by Gasteiger charge is -2.34. The Labute approximate surface area is 127 Å². The number of alkyl halides is 3. The van der Waals surface area contributed by atoms with E-state index in [0.29, 0.717) is 18.5 Å². The Balaban J connectivity index is 1.70. The first-order valence-electron chi connectivity index (χ1n) is 7.56. The molecule has 1 aromatic rings. The maximum absolute atomic E-state index is 12.8. The summed E-state index contributed by atoms with van der Waals surface area (Å²) in [6, 6.07) is 5.50. The summed E-state index contributed by atoms with van der Waals surface area (Å²) in [6.45, 7) is 4.21. The number of benzene rings is 1. The van der Waals surface area contributed by atoms with Crippen LogP contribution in [0.25, 0.3) is 0 Å². The molecule has 1 heterocycles. The van der Waals surface area contributed by atoms with Crippen molar-refractivity contribution < 1.29 is 18.0 Å². The Morgan fingerprint density at radius 1 is 1.36 bits per heavy atom. The van der Waals surface area contributed by atoms with Crippen LogP contribution in [0.5, 0.6) is 0 Å². The second kappa shape index (κ2) is 5.57. The maximum atomic E-state index is 12.8. The molecule has 0 radical (unpaired) electrons. The highest BCUT2D eigenvalue weighted by Gasteiger charge is 2.47. The lowest BCUT2D eigenvalue weighted by atomic mass is 10.0. The second-order valence-corrected chi connectivity index (χ2v) is 6.16. The van der Waals surface area contributed by atoms with Gasteiger partial charge in [-0.3, -0.25) is 4.79 Å². The first kappa shape index (κ1) is 15.3. The van der Waals surface area contributed by atoms with Crippen LogP contribution in [-0.4, -0.2) is 36.5 Å². The van der Waals surface area contributed by atoms with Crippen molar-refractivity contribution in [1.29, 1.82) is 0 Å². The van der Waals surface area contributed by atoms with Gasteiger partial charge in [0.05, 0.1) is 5.56 Å². The molecule has 1 saturated carbocycles. The number of piperazine rings is 1. The van der Waals surface area contributed by atoms with E-state index in [1.807, 2.05) is 11.8 Å². The van der Waals surface area contributed by atoms with Crippen molar-refractivity contribution in [3.8, 4) is 0 Å². The van der Waals surface area contributed by atoms with Crippen molar-refractivity contribution in [3.63, 3.8) is 0 Å². The predicted molar refractivity (Wildman–Crippen MR) is 76.3 cm³/mol. The molecule has 3 atom stereocenters. The van der Waals surface area contributed by atoms with E-state index in [4.69, 9.17) is 0 Å². The van der Waals surface area contributed by atoms with Gasteiger partial charge < -0.3 is 10.2 Å². The molecule has 1 aliphatic carbocycles. The van der Waals surface area contributed by atoms with E-state index in [1.165, 1.54) is 12.1 Å². The summed E-state index contributed by atoms with van der Waals surface area (Å²) in [5.41, 5.74) is -0.0189. The molecule has 3 nitrogen and oxygen atoms in total. The topological polar surface area (TPSA) is 32.3 Å². The number of hydrogen-bond acceptors (Lipinski definition) is 2. The predicted octanol–water partition coefficient (Wildman–Crippen LogP) is 2.63. The molecule has 2 fully saturated rings. The van der Waals surface area contributed by atoms with E-state index in [0.717, 1.165) is 19.2 Å². The lowest BCUT2D eigenvalue weighted by molar-refractivity contribution is -0.137. The molecule has 1 saturated heterocycles. The van der Waals surface area contributed by atoms with Gasteiger partial charge in [-0.2, -0.15) is 13.2 Å². The fourth-order valence-electron chi connectivity index (χ4n) is 3.16. The molecule has 22 heavy (non-hydrogen) atoms. The van der Waals surface area contributed by atoms with Crippen LogP contribution in [0, 0.1) is 5.92 Å². The number of carbonyl (C=O) groups excluding carboxylic acids is 1. The number of carbonyl (C=O) groups is 1. The zero-order chi connectivity index (χ0) is 15.9. The number of halogens is 3. The van der Waals surface area contributed by atoms with Crippen molar-refractivity contribution >= 4 is 5.91 Å². The molecule has 0 unspecified atom stereocenters. The third-order valence-electron chi connectivity index (χ3n) is 4.53. The van der Waals surface area contributed by atoms with Crippen molar-refractivity contribution in [2.75, 3.05) is 19.6 Å². The van der Waals surface area contributed by atoms with E-state index in [1.54, 1.807) is 6.07 Å². The van der Waals surface area contributed by atoms with Gasteiger partial charge in [0.1, 0.15) is 0 Å². The minimum Gasteiger partial charge on any atom is -0.337 e. The Hall–Kier alpha value is -1.56. The number of nitrogens with one attached hydrogen (secondary N) is 1. The summed E-state index contributed by atoms with van der Waals surface area (Å²) in [7, 11) is 0. The second-order valence-electron chi connectivity index (χ2n) is 6.16. The van der Waals surface area contributed by atoms with Gasteiger partial charge in [-0.25, -0.2) is 0 Å². The summed E-state index contributed by atoms with van der Waals surface area (Å²) in [5, 5.41) is 3.23. The van der Waals surface area contributed by atoms with Crippen LogP contribution in [0.1, 0.15) is 30.4 Å². The number of rotatable bonds is 2. The molecular formula is C16H19F3N2O. The van der Waals surface area contributed by atoms with Crippen molar-refractivity contribution in [1.82, 2.24) is 10.2 Å². The molecular weight excluding hydrogens is 293 g/mol. The molecule has 6 heteroatoms. The quantitative estimate of drug-likeness (QED) is 0.910. The SMILES string of the molecule is C[C@@H]1CNCCN1C(=O)[C@H]1C[C@@H]1c1cccc(C(F)(F)F)c1. The molecule has 0 aromatic heterocycles. The fourth-order valence-corrected chi connectivity index (χ4v) is 3.16. The molecule has 1 aliphatic heterocycles. The maximum Gasteiger partial charge on any atom is 0.416 e. The van der Waals surface area contributed by atoms with Crippen LogP contribution in [0.3, 0.4) is 0 Å². The van der Waals surface area contributed by atoms with Gasteiger partial charge in [0.25, 0.3) is 0 Å². The van der Waals surface area contributed by atoms with E-state index >= 15 is 0 Å². The molecule has 0 spiro atoms. The molecule has 120 valence electrons. The summed E-state index contributed by atoms with van der Waals surface area (Å²) in [4.78, 5) is 14.4. The van der Waals surface area contributed by atoms with Crippen LogP contribution in [-0.2, 0) is 11.0 Å². The number of nitrogens with zero attached hydrogens (tertiary/aromatic N) is 1. The monoisotopic (exact) mass is 312 g/mol. The molecule has 1 amide bonds. The fraction of sp³-hybridized carbons (Fsp3) is 0.562. The van der Waals surface area contributed by atoms with Gasteiger partial charge in [0.2, 0.25) is 5.91 Å². The van der Waals surface area contributed by atoms with Gasteiger partial charge in [-0.05, 0) is 30.9 Å². The molecule has 1 aromatic carbocycles. The highest BCUT2D eigenvalue weighted by molar-refractivity contribution is 5.83. The number of hydrogen-bond donors (Lipinski definition) is 1. The molecule has 2 aliphatic rings. The first-order chi connectivity index (χ1) is 10.4. The summed E-state index contributed by atoms with van der Waals surface area (Å²) in [6.07, 6.45) is -3.69. The van der Waals surface area contributed by atoms with Crippen molar-refractivity contribution in [2.24, 2.45) is 5.92 Å². The van der Waals surface area contributed by atoms with Gasteiger partial charge >= 0.3 is 6.18 Å². The summed E-state index contributed by atoms with van der Waals surface area (Å²) < 4.78 is 38.3. The Kier molecular flexibility index (Phi) is 3.89. The zero-order valence-corrected chi connectivity index (χ0v) is 12.4. The van der Waals surface area contributed by atoms with Crippen LogP contribution in [0.2, 0.25) is 0 Å². The Morgan fingerprint density at radius 3 is 2.82 bits per heavy atom. The summed E-state index contributed by atoms with van der Waals surface area (Å²) >= 11 is 0. The third kappa shape index (κ3) is 2.97. The Bertz CT molecular complexity index is 573. The van der Waals surface area contributed by atoms with E-state index in [9.17, 15) is 18.0 Å².